The SMILES string of the molecule is O=CCC1c2ccccc2-c2cncn21.OCCC1c2ccccc2-c2cncn21. The van der Waals surface area contributed by atoms with E-state index in [1.165, 1.54) is 22.3 Å². The average molecular weight is 398 g/mol. The Morgan fingerprint density at radius 2 is 1.37 bits per heavy atom. The highest BCUT2D eigenvalue weighted by Gasteiger charge is 2.28. The van der Waals surface area contributed by atoms with E-state index in [4.69, 9.17) is 5.11 Å². The number of nitrogens with zero attached hydrogens (tertiary/aromatic N) is 4. The van der Waals surface area contributed by atoms with Gasteiger partial charge in [0.1, 0.15) is 6.29 Å². The maximum atomic E-state index is 10.7. The molecular formula is C24H22N4O2. The molecular weight excluding hydrogens is 376 g/mol. The molecule has 2 unspecified atom stereocenters. The van der Waals surface area contributed by atoms with Crippen molar-refractivity contribution in [3.8, 4) is 22.5 Å². The number of aromatic nitrogens is 4. The Bertz CT molecular complexity index is 1190. The number of aldehydes is 1. The lowest BCUT2D eigenvalue weighted by atomic mass is 10.0. The van der Waals surface area contributed by atoms with Gasteiger partial charge in [0, 0.05) is 24.2 Å². The Labute approximate surface area is 174 Å². The van der Waals surface area contributed by atoms with Gasteiger partial charge in [-0.3, -0.25) is 0 Å². The number of benzene rings is 2. The van der Waals surface area contributed by atoms with Crippen LogP contribution < -0.4 is 0 Å². The van der Waals surface area contributed by atoms with Crippen LogP contribution in [0.4, 0.5) is 0 Å². The van der Waals surface area contributed by atoms with E-state index in [-0.39, 0.29) is 18.7 Å². The van der Waals surface area contributed by atoms with Gasteiger partial charge < -0.3 is 19.0 Å². The molecule has 0 radical (unpaired) electrons. The van der Waals surface area contributed by atoms with Crippen LogP contribution in [-0.4, -0.2) is 37.1 Å². The van der Waals surface area contributed by atoms with Gasteiger partial charge in [-0.1, -0.05) is 48.5 Å². The molecule has 0 saturated carbocycles. The summed E-state index contributed by atoms with van der Waals surface area (Å²) in [5.74, 6) is 0. The molecule has 0 bridgehead atoms. The number of hydrogen-bond donors (Lipinski definition) is 1. The van der Waals surface area contributed by atoms with Crippen molar-refractivity contribution in [2.45, 2.75) is 24.9 Å². The van der Waals surface area contributed by atoms with Crippen LogP contribution in [0.1, 0.15) is 36.1 Å². The van der Waals surface area contributed by atoms with Gasteiger partial charge in [-0.05, 0) is 17.5 Å². The second-order valence-electron chi connectivity index (χ2n) is 7.49. The number of fused-ring (bicyclic) bond motifs is 6. The van der Waals surface area contributed by atoms with Crippen molar-refractivity contribution in [1.29, 1.82) is 0 Å². The van der Waals surface area contributed by atoms with E-state index >= 15 is 0 Å². The number of carbonyl (C=O) groups excluding carboxylic acids is 1. The average Bonchev–Trinajstić information content (AvgIpc) is 3.54. The van der Waals surface area contributed by atoms with E-state index in [2.05, 4.69) is 43.4 Å². The second kappa shape index (κ2) is 7.72. The van der Waals surface area contributed by atoms with E-state index in [9.17, 15) is 4.79 Å². The number of carbonyl (C=O) groups is 1. The molecule has 6 heteroatoms. The van der Waals surface area contributed by atoms with Gasteiger partial charge >= 0.3 is 0 Å². The summed E-state index contributed by atoms with van der Waals surface area (Å²) in [5.41, 5.74) is 7.22. The van der Waals surface area contributed by atoms with Crippen molar-refractivity contribution in [2.24, 2.45) is 0 Å². The molecule has 0 amide bonds. The fourth-order valence-corrected chi connectivity index (χ4v) is 4.61. The van der Waals surface area contributed by atoms with Crippen LogP contribution in [0.2, 0.25) is 0 Å². The fourth-order valence-electron chi connectivity index (χ4n) is 4.61. The summed E-state index contributed by atoms with van der Waals surface area (Å²) in [6.45, 7) is 0.205. The van der Waals surface area contributed by atoms with Crippen LogP contribution >= 0.6 is 0 Å². The normalized spacial score (nSPS) is 17.4. The first kappa shape index (κ1) is 18.5. The zero-order valence-electron chi connectivity index (χ0n) is 16.4. The molecule has 2 aliphatic heterocycles. The maximum Gasteiger partial charge on any atom is 0.122 e. The summed E-state index contributed by atoms with van der Waals surface area (Å²) in [6, 6.07) is 16.9. The highest BCUT2D eigenvalue weighted by Crippen LogP contribution is 2.41. The van der Waals surface area contributed by atoms with Gasteiger partial charge in [-0.2, -0.15) is 0 Å². The highest BCUT2D eigenvalue weighted by atomic mass is 16.3. The van der Waals surface area contributed by atoms with Crippen molar-refractivity contribution in [3.63, 3.8) is 0 Å². The van der Waals surface area contributed by atoms with Crippen molar-refractivity contribution in [3.05, 3.63) is 84.7 Å². The molecule has 0 aliphatic carbocycles. The third kappa shape index (κ3) is 2.88. The maximum absolute atomic E-state index is 10.7. The van der Waals surface area contributed by atoms with E-state index in [1.807, 2.05) is 43.0 Å². The van der Waals surface area contributed by atoms with E-state index in [1.54, 1.807) is 6.33 Å². The van der Waals surface area contributed by atoms with Crippen LogP contribution in [0.5, 0.6) is 0 Å². The Morgan fingerprint density at radius 1 is 0.833 bits per heavy atom. The molecule has 0 spiro atoms. The van der Waals surface area contributed by atoms with Crippen molar-refractivity contribution in [2.75, 3.05) is 6.61 Å². The Morgan fingerprint density at radius 3 is 1.93 bits per heavy atom. The Balaban J connectivity index is 0.000000128. The number of imidazole rings is 2. The Hall–Kier alpha value is -3.51. The summed E-state index contributed by atoms with van der Waals surface area (Å²) >= 11 is 0. The van der Waals surface area contributed by atoms with Crippen molar-refractivity contribution < 1.29 is 9.90 Å². The minimum Gasteiger partial charge on any atom is -0.396 e. The molecule has 1 N–H and O–H groups in total. The minimum atomic E-state index is 0.135. The zero-order chi connectivity index (χ0) is 20.5. The fraction of sp³-hybridized carbons (Fsp3) is 0.208. The van der Waals surface area contributed by atoms with E-state index in [0.717, 1.165) is 24.1 Å². The summed E-state index contributed by atoms with van der Waals surface area (Å²) in [7, 11) is 0. The van der Waals surface area contributed by atoms with Gasteiger partial charge in [0.05, 0.1) is 48.5 Å². The van der Waals surface area contributed by atoms with Crippen molar-refractivity contribution >= 4 is 6.29 Å². The Kier molecular flexibility index (Phi) is 4.77. The first-order valence-corrected chi connectivity index (χ1v) is 10.1. The molecule has 2 aromatic heterocycles. The number of aliphatic hydroxyl groups excluding tert-OH is 1. The number of aliphatic hydroxyl groups is 1. The molecule has 2 aliphatic rings. The monoisotopic (exact) mass is 398 g/mol. The van der Waals surface area contributed by atoms with Crippen LogP contribution in [0.15, 0.2) is 73.6 Å². The molecule has 150 valence electrons. The van der Waals surface area contributed by atoms with Crippen LogP contribution in [-0.2, 0) is 4.79 Å². The minimum absolute atomic E-state index is 0.135. The lowest BCUT2D eigenvalue weighted by molar-refractivity contribution is -0.108. The topological polar surface area (TPSA) is 72.9 Å². The molecule has 2 aromatic carbocycles. The third-order valence-corrected chi connectivity index (χ3v) is 5.92. The highest BCUT2D eigenvalue weighted by molar-refractivity contribution is 5.71. The zero-order valence-corrected chi connectivity index (χ0v) is 16.4. The van der Waals surface area contributed by atoms with Gasteiger partial charge in [-0.25, -0.2) is 9.97 Å². The number of hydrogen-bond acceptors (Lipinski definition) is 4. The standard InChI is InChI=1S/C12H12N2O.C12H10N2O/c2*15-6-5-11-9-3-1-2-4-10(9)12-7-13-8-14(11)12/h1-4,7-8,11,15H,5-6H2;1-4,6-8,11H,5H2. The summed E-state index contributed by atoms with van der Waals surface area (Å²) in [4.78, 5) is 18.9. The quantitative estimate of drug-likeness (QED) is 0.530. The molecule has 30 heavy (non-hydrogen) atoms. The van der Waals surface area contributed by atoms with Gasteiger partial charge in [-0.15, -0.1) is 0 Å². The van der Waals surface area contributed by atoms with Crippen LogP contribution in [0.3, 0.4) is 0 Å². The van der Waals surface area contributed by atoms with Crippen LogP contribution in [0.25, 0.3) is 22.5 Å². The molecule has 4 aromatic rings. The lowest BCUT2D eigenvalue weighted by Gasteiger charge is -2.12. The van der Waals surface area contributed by atoms with Crippen molar-refractivity contribution in [1.82, 2.24) is 19.1 Å². The predicted molar refractivity (Wildman–Crippen MR) is 114 cm³/mol. The van der Waals surface area contributed by atoms with Crippen LogP contribution in [0, 0.1) is 0 Å². The first-order valence-electron chi connectivity index (χ1n) is 10.1. The first-order chi connectivity index (χ1) is 14.8. The molecule has 0 fully saturated rings. The smallest absolute Gasteiger partial charge is 0.122 e. The van der Waals surface area contributed by atoms with Gasteiger partial charge in [0.15, 0.2) is 0 Å². The molecule has 2 atom stereocenters. The lowest BCUT2D eigenvalue weighted by Crippen LogP contribution is -2.06. The molecule has 0 saturated heterocycles. The van der Waals surface area contributed by atoms with Gasteiger partial charge in [0.25, 0.3) is 0 Å². The molecule has 6 rings (SSSR count). The third-order valence-electron chi connectivity index (χ3n) is 5.92. The summed E-state index contributed by atoms with van der Waals surface area (Å²) in [6.07, 6.45) is 9.61. The molecule has 6 nitrogen and oxygen atoms in total. The largest absolute Gasteiger partial charge is 0.396 e. The molecule has 4 heterocycles. The van der Waals surface area contributed by atoms with Gasteiger partial charge in [0.2, 0.25) is 0 Å². The summed E-state index contributed by atoms with van der Waals surface area (Å²) < 4.78 is 4.21. The second-order valence-corrected chi connectivity index (χ2v) is 7.49. The van der Waals surface area contributed by atoms with E-state index in [0.29, 0.717) is 6.42 Å². The summed E-state index contributed by atoms with van der Waals surface area (Å²) in [5, 5.41) is 9.08. The van der Waals surface area contributed by atoms with E-state index < -0.39 is 0 Å². The number of rotatable bonds is 4. The predicted octanol–water partition coefficient (Wildman–Crippen LogP) is 3.88.